The summed E-state index contributed by atoms with van der Waals surface area (Å²) in [4.78, 5) is 29.3. The summed E-state index contributed by atoms with van der Waals surface area (Å²) in [6, 6.07) is 12.1. The second-order valence-electron chi connectivity index (χ2n) is 5.35. The first-order valence-electron chi connectivity index (χ1n) is 7.58. The summed E-state index contributed by atoms with van der Waals surface area (Å²) in [7, 11) is 0. The van der Waals surface area contributed by atoms with E-state index >= 15 is 0 Å². The predicted octanol–water partition coefficient (Wildman–Crippen LogP) is 4.52. The molecule has 0 saturated heterocycles. The van der Waals surface area contributed by atoms with E-state index in [2.05, 4.69) is 38.1 Å². The van der Waals surface area contributed by atoms with E-state index in [9.17, 15) is 10.1 Å². The van der Waals surface area contributed by atoms with E-state index in [1.54, 1.807) is 11.3 Å². The molecule has 0 amide bonds. The third kappa shape index (κ3) is 3.26. The lowest BCUT2D eigenvalue weighted by molar-refractivity contribution is -0.385. The smallest absolute Gasteiger partial charge is 0.258 e. The van der Waals surface area contributed by atoms with Gasteiger partial charge < -0.3 is 0 Å². The number of nitro groups is 1. The first kappa shape index (κ1) is 16.6. The molecule has 0 spiro atoms. The molecular weight excluding hydrogens is 370 g/mol. The van der Waals surface area contributed by atoms with E-state index in [0.29, 0.717) is 11.0 Å². The van der Waals surface area contributed by atoms with Gasteiger partial charge in [-0.1, -0.05) is 30.3 Å². The highest BCUT2D eigenvalue weighted by molar-refractivity contribution is 7.99. The number of nitrogens with zero attached hydrogens (tertiary/aromatic N) is 5. The van der Waals surface area contributed by atoms with Crippen LogP contribution in [0.25, 0.3) is 20.7 Å². The maximum Gasteiger partial charge on any atom is 0.305 e. The Morgan fingerprint density at radius 3 is 2.54 bits per heavy atom. The summed E-state index contributed by atoms with van der Waals surface area (Å²) in [5.41, 5.74) is 0.982. The molecule has 0 radical (unpaired) electrons. The number of aromatic nitrogens is 4. The molecule has 0 atom stereocenters. The molecule has 0 unspecified atom stereocenters. The van der Waals surface area contributed by atoms with Crippen molar-refractivity contribution < 1.29 is 4.92 Å². The van der Waals surface area contributed by atoms with Gasteiger partial charge in [-0.2, -0.15) is 0 Å². The number of rotatable bonds is 4. The molecular formula is C17H11N5O2S2. The van der Waals surface area contributed by atoms with Gasteiger partial charge in [0.2, 0.25) is 0 Å². The summed E-state index contributed by atoms with van der Waals surface area (Å²) in [5, 5.41) is 12.8. The highest BCUT2D eigenvalue weighted by Gasteiger charge is 2.15. The van der Waals surface area contributed by atoms with Crippen molar-refractivity contribution in [3.05, 3.63) is 64.7 Å². The normalized spacial score (nSPS) is 11.0. The topological polar surface area (TPSA) is 94.7 Å². The zero-order chi connectivity index (χ0) is 18.1. The quantitative estimate of drug-likeness (QED) is 0.222. The van der Waals surface area contributed by atoms with Crippen LogP contribution in [0, 0.1) is 17.0 Å². The maximum atomic E-state index is 10.7. The molecule has 4 aromatic rings. The first-order chi connectivity index (χ1) is 12.6. The van der Waals surface area contributed by atoms with Gasteiger partial charge in [0.15, 0.2) is 5.16 Å². The summed E-state index contributed by atoms with van der Waals surface area (Å²) in [5.74, 6) is 0.656. The van der Waals surface area contributed by atoms with Crippen molar-refractivity contribution in [2.24, 2.45) is 0 Å². The SMILES string of the molecule is Cc1nc(Sc2ncc([N+](=O)[O-])cn2)c2cc(-c3ccccc3)sc2n1. The Morgan fingerprint density at radius 1 is 1.12 bits per heavy atom. The molecule has 3 aromatic heterocycles. The lowest BCUT2D eigenvalue weighted by Gasteiger charge is -2.02. The van der Waals surface area contributed by atoms with Crippen LogP contribution in [0.3, 0.4) is 0 Å². The van der Waals surface area contributed by atoms with E-state index in [-0.39, 0.29) is 5.69 Å². The molecule has 3 heterocycles. The van der Waals surface area contributed by atoms with Crippen LogP contribution >= 0.6 is 23.1 Å². The largest absolute Gasteiger partial charge is 0.305 e. The van der Waals surface area contributed by atoms with Crippen molar-refractivity contribution >= 4 is 39.0 Å². The van der Waals surface area contributed by atoms with Gasteiger partial charge in [0.1, 0.15) is 28.1 Å². The number of thiophene rings is 1. The molecule has 9 heteroatoms. The van der Waals surface area contributed by atoms with E-state index in [1.165, 1.54) is 24.2 Å². The molecule has 1 aromatic carbocycles. The van der Waals surface area contributed by atoms with Gasteiger partial charge >= 0.3 is 5.69 Å². The van der Waals surface area contributed by atoms with Crippen LogP contribution in [0.4, 0.5) is 5.69 Å². The molecule has 0 aliphatic heterocycles. The second-order valence-corrected chi connectivity index (χ2v) is 7.34. The molecule has 0 bridgehead atoms. The molecule has 128 valence electrons. The molecule has 26 heavy (non-hydrogen) atoms. The van der Waals surface area contributed by atoms with Crippen molar-refractivity contribution in [1.29, 1.82) is 0 Å². The maximum absolute atomic E-state index is 10.7. The lowest BCUT2D eigenvalue weighted by Crippen LogP contribution is -1.94. The van der Waals surface area contributed by atoms with Gasteiger partial charge in [0, 0.05) is 10.3 Å². The molecule has 0 aliphatic rings. The molecule has 0 N–H and O–H groups in total. The van der Waals surface area contributed by atoms with Crippen molar-refractivity contribution in [3.8, 4) is 10.4 Å². The zero-order valence-electron chi connectivity index (χ0n) is 13.5. The fourth-order valence-corrected chi connectivity index (χ4v) is 4.34. The van der Waals surface area contributed by atoms with Gasteiger partial charge in [-0.25, -0.2) is 19.9 Å². The summed E-state index contributed by atoms with van der Waals surface area (Å²) in [6.07, 6.45) is 2.40. The van der Waals surface area contributed by atoms with Crippen LogP contribution in [-0.2, 0) is 0 Å². The minimum Gasteiger partial charge on any atom is -0.258 e. The first-order valence-corrected chi connectivity index (χ1v) is 9.21. The van der Waals surface area contributed by atoms with Crippen LogP contribution in [0.15, 0.2) is 59.0 Å². The van der Waals surface area contributed by atoms with E-state index in [0.717, 1.165) is 25.7 Å². The van der Waals surface area contributed by atoms with Gasteiger partial charge in [0.25, 0.3) is 0 Å². The Morgan fingerprint density at radius 2 is 1.85 bits per heavy atom. The van der Waals surface area contributed by atoms with Crippen LogP contribution in [0.2, 0.25) is 0 Å². The lowest BCUT2D eigenvalue weighted by atomic mass is 10.2. The minimum atomic E-state index is -0.521. The number of hydrogen-bond acceptors (Lipinski definition) is 8. The fourth-order valence-electron chi connectivity index (χ4n) is 2.36. The Labute approximate surface area is 156 Å². The van der Waals surface area contributed by atoms with Crippen LogP contribution in [0.1, 0.15) is 5.82 Å². The van der Waals surface area contributed by atoms with E-state index < -0.39 is 4.92 Å². The monoisotopic (exact) mass is 381 g/mol. The number of benzene rings is 1. The number of aryl methyl sites for hydroxylation is 1. The van der Waals surface area contributed by atoms with Gasteiger partial charge in [-0.3, -0.25) is 10.1 Å². The van der Waals surface area contributed by atoms with Crippen LogP contribution < -0.4 is 0 Å². The average Bonchev–Trinajstić information content (AvgIpc) is 3.07. The highest BCUT2D eigenvalue weighted by atomic mass is 32.2. The van der Waals surface area contributed by atoms with Crippen molar-refractivity contribution in [2.45, 2.75) is 17.1 Å². The average molecular weight is 381 g/mol. The Bertz CT molecular complexity index is 1100. The molecule has 4 rings (SSSR count). The zero-order valence-corrected chi connectivity index (χ0v) is 15.1. The van der Waals surface area contributed by atoms with E-state index in [4.69, 9.17) is 0 Å². The van der Waals surface area contributed by atoms with Gasteiger partial charge in [-0.05, 0) is 30.3 Å². The van der Waals surface area contributed by atoms with Gasteiger partial charge in [-0.15, -0.1) is 11.3 Å². The third-order valence-electron chi connectivity index (χ3n) is 3.54. The Kier molecular flexibility index (Phi) is 4.31. The molecule has 0 aliphatic carbocycles. The predicted molar refractivity (Wildman–Crippen MR) is 100 cm³/mol. The third-order valence-corrected chi connectivity index (χ3v) is 5.52. The fraction of sp³-hybridized carbons (Fsp3) is 0.0588. The van der Waals surface area contributed by atoms with Crippen LogP contribution in [0.5, 0.6) is 0 Å². The van der Waals surface area contributed by atoms with Crippen molar-refractivity contribution in [2.75, 3.05) is 0 Å². The van der Waals surface area contributed by atoms with E-state index in [1.807, 2.05) is 25.1 Å². The highest BCUT2D eigenvalue weighted by Crippen LogP contribution is 2.38. The minimum absolute atomic E-state index is 0.139. The standard InChI is InChI=1S/C17H11N5O2S2/c1-10-20-15-13(7-14(25-15)11-5-3-2-4-6-11)16(21-10)26-17-18-8-12(9-19-17)22(23)24/h2-9H,1H3. The molecule has 0 saturated carbocycles. The summed E-state index contributed by atoms with van der Waals surface area (Å²) in [6.45, 7) is 1.84. The molecule has 7 nitrogen and oxygen atoms in total. The Hall–Kier alpha value is -2.91. The van der Waals surface area contributed by atoms with Crippen LogP contribution in [-0.4, -0.2) is 24.9 Å². The van der Waals surface area contributed by atoms with Crippen molar-refractivity contribution in [1.82, 2.24) is 19.9 Å². The summed E-state index contributed by atoms with van der Waals surface area (Å²) < 4.78 is 0. The van der Waals surface area contributed by atoms with Crippen molar-refractivity contribution in [3.63, 3.8) is 0 Å². The van der Waals surface area contributed by atoms with Gasteiger partial charge in [0.05, 0.1) is 4.92 Å². The molecule has 0 fully saturated rings. The number of fused-ring (bicyclic) bond motifs is 1. The summed E-state index contributed by atoms with van der Waals surface area (Å²) >= 11 is 2.87. The second kappa shape index (κ2) is 6.77. The number of hydrogen-bond donors (Lipinski definition) is 0. The Balaban J connectivity index is 1.74.